The van der Waals surface area contributed by atoms with Crippen LogP contribution in [0.25, 0.3) is 0 Å². The summed E-state index contributed by atoms with van der Waals surface area (Å²) in [5.41, 5.74) is -4.37. The van der Waals surface area contributed by atoms with Crippen molar-refractivity contribution in [2.45, 2.75) is 128 Å². The second-order valence-electron chi connectivity index (χ2n) is 15.8. The topological polar surface area (TPSA) is 121 Å². The van der Waals surface area contributed by atoms with Gasteiger partial charge in [-0.1, -0.05) is 64.3 Å². The summed E-state index contributed by atoms with van der Waals surface area (Å²) in [7, 11) is 3.67. The number of rotatable bonds is 6. The molecule has 3 aliphatic heterocycles. The molecule has 0 aromatic heterocycles. The number of Topliss-reactive ketones (excluding diaryl/α,β-unsaturated/α-hetero) is 2. The lowest BCUT2D eigenvalue weighted by Gasteiger charge is -2.47. The summed E-state index contributed by atoms with van der Waals surface area (Å²) >= 11 is 0. The number of alkyl halides is 1. The first-order chi connectivity index (χ1) is 24.3. The number of likely N-dealkylation sites (N-methyl/N-ethyl adjacent to an activating group) is 1. The van der Waals surface area contributed by atoms with Crippen LogP contribution in [0.15, 0.2) is 42.5 Å². The highest BCUT2D eigenvalue weighted by Crippen LogP contribution is 2.47. The number of hydrogen-bond donors (Lipinski definition) is 1. The summed E-state index contributed by atoms with van der Waals surface area (Å²) in [6.45, 7) is 17.2. The summed E-state index contributed by atoms with van der Waals surface area (Å²) < 4.78 is 48.1. The second-order valence-corrected chi connectivity index (χ2v) is 15.8. The van der Waals surface area contributed by atoms with E-state index in [0.717, 1.165) is 12.5 Å². The molecule has 4 rings (SSSR count). The Morgan fingerprint density at radius 1 is 1.06 bits per heavy atom. The zero-order valence-corrected chi connectivity index (χ0v) is 32.4. The van der Waals surface area contributed by atoms with E-state index in [4.69, 9.17) is 23.7 Å². The van der Waals surface area contributed by atoms with Gasteiger partial charge in [-0.25, -0.2) is 9.18 Å². The normalized spacial score (nSPS) is 40.8. The molecule has 3 unspecified atom stereocenters. The fraction of sp³-hybridized carbons (Fsp3) is 0.683. The number of cyclic esters (lactones) is 1. The number of benzene rings is 1. The predicted octanol–water partition coefficient (Wildman–Crippen LogP) is 5.09. The van der Waals surface area contributed by atoms with Gasteiger partial charge in [-0.2, -0.15) is 0 Å². The molecule has 3 fully saturated rings. The van der Waals surface area contributed by atoms with Crippen molar-refractivity contribution in [1.29, 1.82) is 0 Å². The van der Waals surface area contributed by atoms with Crippen molar-refractivity contribution in [3.8, 4) is 11.8 Å². The number of esters is 1. The van der Waals surface area contributed by atoms with Gasteiger partial charge in [-0.3, -0.25) is 9.59 Å². The average Bonchev–Trinajstić information content (AvgIpc) is 3.41. The van der Waals surface area contributed by atoms with Gasteiger partial charge < -0.3 is 33.7 Å². The van der Waals surface area contributed by atoms with Crippen LogP contribution in [-0.2, 0) is 38.1 Å². The Bertz CT molecular complexity index is 1520. The van der Waals surface area contributed by atoms with Crippen LogP contribution in [0.3, 0.4) is 0 Å². The van der Waals surface area contributed by atoms with Crippen molar-refractivity contribution in [2.75, 3.05) is 27.3 Å². The van der Waals surface area contributed by atoms with E-state index in [1.165, 1.54) is 6.92 Å². The number of carbonyl (C=O) groups is 3. The van der Waals surface area contributed by atoms with E-state index in [1.54, 1.807) is 34.6 Å². The third kappa shape index (κ3) is 8.53. The molecule has 3 saturated heterocycles. The van der Waals surface area contributed by atoms with E-state index < -0.39 is 76.9 Å². The molecule has 1 aromatic carbocycles. The zero-order valence-electron chi connectivity index (χ0n) is 32.4. The molecule has 0 radical (unpaired) electrons. The standard InChI is InChI=1S/C41H58FNO9/c1-12-31-41(9)32(25(3)23-49-41)27(5)33(44)24(2)22-39(7,48-20-16-19-29-17-14-13-15-18-29)36(28(6)35(46)40(8,42)38(47)51-31)52-37-34(45)30(43(10)11)21-26(4)50-37/h13-15,17-18,24,26-28,30-32,34,36-37,45H,3,12,20-23H2,1-2,4-11H3/t24?,26-,27?,28+,30+,31-,32+,34-,36-,37+,39-,40?,41-/m1/s1. The number of aliphatic hydroxyl groups is 1. The minimum Gasteiger partial charge on any atom is -0.457 e. The summed E-state index contributed by atoms with van der Waals surface area (Å²) in [4.78, 5) is 44.4. The lowest BCUT2D eigenvalue weighted by atomic mass is 9.69. The lowest BCUT2D eigenvalue weighted by molar-refractivity contribution is -0.296. The predicted molar refractivity (Wildman–Crippen MR) is 194 cm³/mol. The fourth-order valence-electron chi connectivity index (χ4n) is 8.52. The Balaban J connectivity index is 1.85. The first-order valence-electron chi connectivity index (χ1n) is 18.4. The third-order valence-corrected chi connectivity index (χ3v) is 11.4. The maximum absolute atomic E-state index is 16.8. The number of ketones is 2. The van der Waals surface area contributed by atoms with Gasteiger partial charge in [0.25, 0.3) is 5.67 Å². The largest absolute Gasteiger partial charge is 0.457 e. The molecular weight excluding hydrogens is 669 g/mol. The van der Waals surface area contributed by atoms with Crippen molar-refractivity contribution in [3.05, 3.63) is 48.0 Å². The molecule has 1 N–H and O–H groups in total. The third-order valence-electron chi connectivity index (χ3n) is 11.4. The molecule has 13 atom stereocenters. The smallest absolute Gasteiger partial charge is 0.351 e. The van der Waals surface area contributed by atoms with Gasteiger partial charge in [0.2, 0.25) is 0 Å². The first-order valence-corrected chi connectivity index (χ1v) is 18.4. The molecule has 3 heterocycles. The van der Waals surface area contributed by atoms with Gasteiger partial charge in [0.05, 0.1) is 24.4 Å². The summed E-state index contributed by atoms with van der Waals surface area (Å²) in [5.74, 6) is 0.275. The summed E-state index contributed by atoms with van der Waals surface area (Å²) in [6.07, 6.45) is -4.24. The molecule has 52 heavy (non-hydrogen) atoms. The molecule has 0 spiro atoms. The molecule has 11 heteroatoms. The number of halogens is 1. The van der Waals surface area contributed by atoms with Crippen LogP contribution in [-0.4, -0.2) is 108 Å². The highest BCUT2D eigenvalue weighted by Gasteiger charge is 2.58. The minimum atomic E-state index is -3.10. The van der Waals surface area contributed by atoms with Crippen molar-refractivity contribution in [1.82, 2.24) is 4.90 Å². The van der Waals surface area contributed by atoms with Gasteiger partial charge in [0, 0.05) is 35.3 Å². The van der Waals surface area contributed by atoms with E-state index >= 15 is 4.39 Å². The Morgan fingerprint density at radius 2 is 1.71 bits per heavy atom. The number of aliphatic hydroxyl groups excluding tert-OH is 1. The molecule has 3 aliphatic rings. The van der Waals surface area contributed by atoms with E-state index in [1.807, 2.05) is 56.3 Å². The van der Waals surface area contributed by atoms with Crippen LogP contribution in [0, 0.1) is 35.5 Å². The number of carbonyl (C=O) groups excluding carboxylic acids is 3. The number of nitrogens with zero attached hydrogens (tertiary/aromatic N) is 1. The minimum absolute atomic E-state index is 0.0301. The first kappa shape index (κ1) is 41.8. The summed E-state index contributed by atoms with van der Waals surface area (Å²) in [5, 5.41) is 11.5. The molecule has 1 aromatic rings. The van der Waals surface area contributed by atoms with E-state index in [9.17, 15) is 19.5 Å². The average molecular weight is 728 g/mol. The number of fused-ring (bicyclic) bond motifs is 1. The monoisotopic (exact) mass is 727 g/mol. The SMILES string of the molecule is C=C1CO[C@]2(C)[C@@H](CC)OC(=O)C(C)(F)C(=O)[C@H](C)[C@@H](O[C@@H]3O[C@H](C)C[C@H](N(C)C)[C@H]3O)[C@](C)(OCC#Cc3ccccc3)CC(C)C(=O)C(C)[C@H]12. The molecule has 288 valence electrons. The number of ether oxygens (including phenoxy) is 5. The quantitative estimate of drug-likeness (QED) is 0.184. The molecule has 0 aliphatic carbocycles. The van der Waals surface area contributed by atoms with Crippen LogP contribution < -0.4 is 0 Å². The number of hydrogen-bond acceptors (Lipinski definition) is 10. The maximum atomic E-state index is 16.8. The van der Waals surface area contributed by atoms with Crippen molar-refractivity contribution in [2.24, 2.45) is 23.7 Å². The Labute approximate surface area is 308 Å². The van der Waals surface area contributed by atoms with Crippen molar-refractivity contribution >= 4 is 17.5 Å². The molecular formula is C41H58FNO9. The van der Waals surface area contributed by atoms with Crippen LogP contribution >= 0.6 is 0 Å². The fourth-order valence-corrected chi connectivity index (χ4v) is 8.52. The molecule has 0 amide bonds. The van der Waals surface area contributed by atoms with Gasteiger partial charge in [-0.05, 0) is 78.8 Å². The van der Waals surface area contributed by atoms with Crippen LogP contribution in [0.1, 0.15) is 80.2 Å². The van der Waals surface area contributed by atoms with Gasteiger partial charge in [0.15, 0.2) is 12.1 Å². The van der Waals surface area contributed by atoms with Crippen LogP contribution in [0.5, 0.6) is 0 Å². The van der Waals surface area contributed by atoms with Gasteiger partial charge >= 0.3 is 5.97 Å². The Hall–Kier alpha value is -2.98. The molecule has 0 bridgehead atoms. The lowest BCUT2D eigenvalue weighted by Crippen LogP contribution is -2.61. The van der Waals surface area contributed by atoms with Crippen LogP contribution in [0.4, 0.5) is 4.39 Å². The zero-order chi connectivity index (χ0) is 38.8. The molecule has 0 saturated carbocycles. The van der Waals surface area contributed by atoms with E-state index in [-0.39, 0.29) is 44.0 Å². The maximum Gasteiger partial charge on any atom is 0.351 e. The van der Waals surface area contributed by atoms with E-state index in [2.05, 4.69) is 18.4 Å². The van der Waals surface area contributed by atoms with E-state index in [0.29, 0.717) is 12.0 Å². The van der Waals surface area contributed by atoms with Gasteiger partial charge in [0.1, 0.15) is 30.2 Å². The summed E-state index contributed by atoms with van der Waals surface area (Å²) in [6, 6.07) is 8.97. The van der Waals surface area contributed by atoms with Gasteiger partial charge in [-0.15, -0.1) is 0 Å². The highest BCUT2D eigenvalue weighted by molar-refractivity contribution is 6.07. The van der Waals surface area contributed by atoms with Crippen LogP contribution in [0.2, 0.25) is 0 Å². The Kier molecular flexibility index (Phi) is 13.3. The highest BCUT2D eigenvalue weighted by atomic mass is 19.1. The molecule has 10 nitrogen and oxygen atoms in total. The second kappa shape index (κ2) is 16.6. The van der Waals surface area contributed by atoms with Crippen molar-refractivity contribution in [3.63, 3.8) is 0 Å². The van der Waals surface area contributed by atoms with Crippen molar-refractivity contribution < 1.29 is 47.6 Å². The Morgan fingerprint density at radius 3 is 2.33 bits per heavy atom.